The number of nitrogens with one attached hydrogen (secondary N) is 1. The average Bonchev–Trinajstić information content (AvgIpc) is 2.90. The van der Waals surface area contributed by atoms with E-state index in [1.807, 2.05) is 0 Å². The van der Waals surface area contributed by atoms with Gasteiger partial charge in [-0.05, 0) is 29.6 Å². The molecule has 1 aromatic carbocycles. The van der Waals surface area contributed by atoms with E-state index in [2.05, 4.69) is 21.2 Å². The van der Waals surface area contributed by atoms with Crippen molar-refractivity contribution in [1.82, 2.24) is 5.32 Å². The molecule has 1 atom stereocenters. The van der Waals surface area contributed by atoms with Crippen molar-refractivity contribution in [2.75, 3.05) is 0 Å². The lowest BCUT2D eigenvalue weighted by atomic mass is 10.1. The Morgan fingerprint density at radius 3 is 2.71 bits per heavy atom. The van der Waals surface area contributed by atoms with E-state index in [1.54, 1.807) is 23.6 Å². The van der Waals surface area contributed by atoms with E-state index in [0.29, 0.717) is 9.35 Å². The molecule has 1 unspecified atom stereocenters. The van der Waals surface area contributed by atoms with Gasteiger partial charge in [0, 0.05) is 9.35 Å². The summed E-state index contributed by atoms with van der Waals surface area (Å²) < 4.78 is 14.3. The van der Waals surface area contributed by atoms with Crippen molar-refractivity contribution in [3.63, 3.8) is 0 Å². The van der Waals surface area contributed by atoms with Crippen molar-refractivity contribution in [2.24, 2.45) is 0 Å². The summed E-state index contributed by atoms with van der Waals surface area (Å²) >= 11 is 4.45. The standard InChI is InChI=1S/C14H11BrFNO3S/c15-8-3-4-9(10(16)6-8)14(20)17-11(7-13(18)19)12-2-1-5-21-12/h1-6,11H,7H2,(H,17,20)(H,18,19). The molecule has 0 saturated carbocycles. The first-order chi connectivity index (χ1) is 9.97. The molecule has 0 fully saturated rings. The number of thiophene rings is 1. The van der Waals surface area contributed by atoms with Crippen molar-refractivity contribution in [3.05, 3.63) is 56.4 Å². The normalized spacial score (nSPS) is 11.9. The van der Waals surface area contributed by atoms with Crippen molar-refractivity contribution in [3.8, 4) is 0 Å². The van der Waals surface area contributed by atoms with Crippen molar-refractivity contribution in [1.29, 1.82) is 0 Å². The number of hydrogen-bond donors (Lipinski definition) is 2. The number of carboxylic acids is 1. The molecular weight excluding hydrogens is 361 g/mol. The summed E-state index contributed by atoms with van der Waals surface area (Å²) in [5, 5.41) is 13.3. The molecular formula is C14H11BrFNO3S. The Morgan fingerprint density at radius 2 is 2.14 bits per heavy atom. The van der Waals surface area contributed by atoms with Gasteiger partial charge in [-0.1, -0.05) is 22.0 Å². The van der Waals surface area contributed by atoms with Crippen LogP contribution in [0, 0.1) is 5.82 Å². The zero-order valence-corrected chi connectivity index (χ0v) is 13.1. The van der Waals surface area contributed by atoms with Crippen LogP contribution in [0.15, 0.2) is 40.2 Å². The molecule has 110 valence electrons. The molecule has 7 heteroatoms. The van der Waals surface area contributed by atoms with Crippen LogP contribution in [0.1, 0.15) is 27.7 Å². The Bertz CT molecular complexity index is 660. The largest absolute Gasteiger partial charge is 0.481 e. The lowest BCUT2D eigenvalue weighted by molar-refractivity contribution is -0.137. The second-order valence-electron chi connectivity index (χ2n) is 4.26. The van der Waals surface area contributed by atoms with Crippen LogP contribution in [0.4, 0.5) is 4.39 Å². The van der Waals surface area contributed by atoms with E-state index in [9.17, 15) is 14.0 Å². The molecule has 2 N–H and O–H groups in total. The van der Waals surface area contributed by atoms with Crippen LogP contribution >= 0.6 is 27.3 Å². The third-order valence-electron chi connectivity index (χ3n) is 2.75. The van der Waals surface area contributed by atoms with Crippen LogP contribution in [0.3, 0.4) is 0 Å². The molecule has 2 rings (SSSR count). The topological polar surface area (TPSA) is 66.4 Å². The maximum Gasteiger partial charge on any atom is 0.305 e. The fourth-order valence-electron chi connectivity index (χ4n) is 1.80. The van der Waals surface area contributed by atoms with Gasteiger partial charge in [-0.3, -0.25) is 9.59 Å². The van der Waals surface area contributed by atoms with Gasteiger partial charge in [-0.25, -0.2) is 4.39 Å². The Labute approximate surface area is 132 Å². The highest BCUT2D eigenvalue weighted by Gasteiger charge is 2.21. The van der Waals surface area contributed by atoms with Crippen LogP contribution < -0.4 is 5.32 Å². The summed E-state index contributed by atoms with van der Waals surface area (Å²) in [6.45, 7) is 0. The smallest absolute Gasteiger partial charge is 0.305 e. The molecule has 0 saturated heterocycles. The van der Waals surface area contributed by atoms with E-state index in [4.69, 9.17) is 5.11 Å². The summed E-state index contributed by atoms with van der Waals surface area (Å²) in [6, 6.07) is 6.90. The average molecular weight is 372 g/mol. The molecule has 0 radical (unpaired) electrons. The first-order valence-electron chi connectivity index (χ1n) is 5.98. The second kappa shape index (κ2) is 6.82. The van der Waals surface area contributed by atoms with Crippen LogP contribution in [0.25, 0.3) is 0 Å². The number of amides is 1. The summed E-state index contributed by atoms with van der Waals surface area (Å²) in [7, 11) is 0. The predicted octanol–water partition coefficient (Wildman–Crippen LogP) is 3.60. The lowest BCUT2D eigenvalue weighted by Gasteiger charge is -2.16. The fourth-order valence-corrected chi connectivity index (χ4v) is 2.91. The zero-order chi connectivity index (χ0) is 15.4. The number of aliphatic carboxylic acids is 1. The van der Waals surface area contributed by atoms with Gasteiger partial charge >= 0.3 is 5.97 Å². The number of halogens is 2. The third kappa shape index (κ3) is 4.12. The van der Waals surface area contributed by atoms with Crippen LogP contribution in [0.5, 0.6) is 0 Å². The minimum absolute atomic E-state index is 0.120. The van der Waals surface area contributed by atoms with Gasteiger partial charge in [0.2, 0.25) is 0 Å². The molecule has 1 amide bonds. The van der Waals surface area contributed by atoms with Crippen molar-refractivity contribution < 1.29 is 19.1 Å². The minimum Gasteiger partial charge on any atom is -0.481 e. The molecule has 0 aliphatic rings. The van der Waals surface area contributed by atoms with Crippen molar-refractivity contribution in [2.45, 2.75) is 12.5 Å². The number of carboxylic acid groups (broad SMARTS) is 1. The van der Waals surface area contributed by atoms with Gasteiger partial charge in [0.05, 0.1) is 18.0 Å². The lowest BCUT2D eigenvalue weighted by Crippen LogP contribution is -2.30. The minimum atomic E-state index is -1.04. The summed E-state index contributed by atoms with van der Waals surface area (Å²) in [5.41, 5.74) is -0.120. The SMILES string of the molecule is O=C(O)CC(NC(=O)c1ccc(Br)cc1F)c1cccs1. The predicted molar refractivity (Wildman–Crippen MR) is 80.9 cm³/mol. The third-order valence-corrected chi connectivity index (χ3v) is 4.23. The van der Waals surface area contributed by atoms with Crippen LogP contribution in [-0.2, 0) is 4.79 Å². The van der Waals surface area contributed by atoms with Gasteiger partial charge in [0.15, 0.2) is 0 Å². The van der Waals surface area contributed by atoms with E-state index in [-0.39, 0.29) is 12.0 Å². The number of rotatable bonds is 5. The molecule has 2 aromatic rings. The van der Waals surface area contributed by atoms with Gasteiger partial charge in [-0.2, -0.15) is 0 Å². The highest BCUT2D eigenvalue weighted by molar-refractivity contribution is 9.10. The van der Waals surface area contributed by atoms with E-state index in [0.717, 1.165) is 0 Å². The highest BCUT2D eigenvalue weighted by atomic mass is 79.9. The molecule has 1 aromatic heterocycles. The summed E-state index contributed by atoms with van der Waals surface area (Å²) in [6.07, 6.45) is -0.260. The maximum absolute atomic E-state index is 13.8. The monoisotopic (exact) mass is 371 g/mol. The van der Waals surface area contributed by atoms with Gasteiger partial charge in [0.25, 0.3) is 5.91 Å². The first-order valence-corrected chi connectivity index (χ1v) is 7.65. The van der Waals surface area contributed by atoms with Gasteiger partial charge in [-0.15, -0.1) is 11.3 Å². The quantitative estimate of drug-likeness (QED) is 0.843. The second-order valence-corrected chi connectivity index (χ2v) is 6.16. The maximum atomic E-state index is 13.8. The molecule has 0 aliphatic heterocycles. The zero-order valence-electron chi connectivity index (χ0n) is 10.7. The van der Waals surface area contributed by atoms with E-state index in [1.165, 1.54) is 23.5 Å². The molecule has 0 bridgehead atoms. The Kier molecular flexibility index (Phi) is 5.08. The van der Waals surface area contributed by atoms with E-state index < -0.39 is 23.7 Å². The fraction of sp³-hybridized carbons (Fsp3) is 0.143. The summed E-state index contributed by atoms with van der Waals surface area (Å²) in [4.78, 5) is 23.7. The highest BCUT2D eigenvalue weighted by Crippen LogP contribution is 2.23. The first kappa shape index (κ1) is 15.7. The Balaban J connectivity index is 2.20. The molecule has 21 heavy (non-hydrogen) atoms. The summed E-state index contributed by atoms with van der Waals surface area (Å²) in [5.74, 6) is -2.34. The molecule has 0 aliphatic carbocycles. The molecule has 4 nitrogen and oxygen atoms in total. The van der Waals surface area contributed by atoms with Crippen molar-refractivity contribution >= 4 is 39.1 Å². The molecule has 0 spiro atoms. The van der Waals surface area contributed by atoms with Gasteiger partial charge in [0.1, 0.15) is 5.82 Å². The van der Waals surface area contributed by atoms with Gasteiger partial charge < -0.3 is 10.4 Å². The number of carbonyl (C=O) groups is 2. The Morgan fingerprint density at radius 1 is 1.38 bits per heavy atom. The van der Waals surface area contributed by atoms with E-state index >= 15 is 0 Å². The van der Waals surface area contributed by atoms with Crippen LogP contribution in [-0.4, -0.2) is 17.0 Å². The Hall–Kier alpha value is -1.73. The molecule has 1 heterocycles. The number of carbonyl (C=O) groups excluding carboxylic acids is 1. The number of hydrogen-bond acceptors (Lipinski definition) is 3. The number of benzene rings is 1. The van der Waals surface area contributed by atoms with Crippen LogP contribution in [0.2, 0.25) is 0 Å².